The zero-order chi connectivity index (χ0) is 21.0. The van der Waals surface area contributed by atoms with Crippen molar-refractivity contribution in [1.82, 2.24) is 9.62 Å². The molecule has 2 fully saturated rings. The molecule has 6 nitrogen and oxygen atoms in total. The largest absolute Gasteiger partial charge is 0.494 e. The van der Waals surface area contributed by atoms with E-state index in [-0.39, 0.29) is 17.9 Å². The molecule has 160 valence electrons. The summed E-state index contributed by atoms with van der Waals surface area (Å²) in [4.78, 5) is 14.5. The highest BCUT2D eigenvalue weighted by Crippen LogP contribution is 2.32. The Labute approximate surface area is 178 Å². The van der Waals surface area contributed by atoms with E-state index < -0.39 is 10.0 Å². The number of carbonyl (C=O) groups excluding carboxylic acids is 1. The number of benzene rings is 2. The standard InChI is InChI=1S/C23H28N2O4S/c26-23(18-9-10-18)19-11-13-20(14-12-19)29-17-5-16-25-15-4-8-22(25)24-30(27,28)21-6-2-1-3-7-21/h1-3,6-7,11-14,18,22,24H,4-5,8-10,15-17H2. The SMILES string of the molecule is O=C(c1ccc(OCCCN2CCCC2NS(=O)(=O)c2ccccc2)cc1)C1CC1. The second-order valence-corrected chi connectivity index (χ2v) is 9.71. The molecule has 2 aliphatic rings. The van der Waals surface area contributed by atoms with Crippen molar-refractivity contribution in [3.8, 4) is 5.75 Å². The molecule has 30 heavy (non-hydrogen) atoms. The molecule has 0 radical (unpaired) electrons. The van der Waals surface area contributed by atoms with Gasteiger partial charge in [0.15, 0.2) is 5.78 Å². The van der Waals surface area contributed by atoms with E-state index in [0.717, 1.165) is 56.5 Å². The van der Waals surface area contributed by atoms with Gasteiger partial charge in [0, 0.05) is 18.0 Å². The van der Waals surface area contributed by atoms with Gasteiger partial charge in [0.25, 0.3) is 0 Å². The molecule has 1 N–H and O–H groups in total. The average molecular weight is 429 g/mol. The third-order valence-corrected chi connectivity index (χ3v) is 7.13. The minimum Gasteiger partial charge on any atom is -0.494 e. The number of likely N-dealkylation sites (tertiary alicyclic amines) is 1. The van der Waals surface area contributed by atoms with Gasteiger partial charge < -0.3 is 4.74 Å². The first-order valence-corrected chi connectivity index (χ1v) is 12.1. The van der Waals surface area contributed by atoms with Crippen LogP contribution in [-0.2, 0) is 10.0 Å². The van der Waals surface area contributed by atoms with Gasteiger partial charge in [-0.05, 0) is 75.0 Å². The van der Waals surface area contributed by atoms with Gasteiger partial charge in [-0.1, -0.05) is 18.2 Å². The average Bonchev–Trinajstić information content (AvgIpc) is 3.53. The van der Waals surface area contributed by atoms with Crippen LogP contribution in [0.2, 0.25) is 0 Å². The van der Waals surface area contributed by atoms with Crippen LogP contribution >= 0.6 is 0 Å². The number of ketones is 1. The summed E-state index contributed by atoms with van der Waals surface area (Å²) < 4.78 is 33.8. The maximum Gasteiger partial charge on any atom is 0.241 e. The van der Waals surface area contributed by atoms with E-state index >= 15 is 0 Å². The molecule has 2 aromatic rings. The Morgan fingerprint density at radius 1 is 1.03 bits per heavy atom. The monoisotopic (exact) mass is 428 g/mol. The van der Waals surface area contributed by atoms with Crippen LogP contribution in [0.25, 0.3) is 0 Å². The van der Waals surface area contributed by atoms with Gasteiger partial charge in [-0.3, -0.25) is 9.69 Å². The molecule has 1 heterocycles. The van der Waals surface area contributed by atoms with Gasteiger partial charge in [0.1, 0.15) is 5.75 Å². The number of nitrogens with one attached hydrogen (secondary N) is 1. The summed E-state index contributed by atoms with van der Waals surface area (Å²) in [5, 5.41) is 0. The molecule has 1 unspecified atom stereocenters. The lowest BCUT2D eigenvalue weighted by Crippen LogP contribution is -2.44. The first kappa shape index (κ1) is 21.0. The predicted molar refractivity (Wildman–Crippen MR) is 115 cm³/mol. The van der Waals surface area contributed by atoms with Gasteiger partial charge >= 0.3 is 0 Å². The summed E-state index contributed by atoms with van der Waals surface area (Å²) in [7, 11) is -3.51. The van der Waals surface area contributed by atoms with Crippen LogP contribution < -0.4 is 9.46 Å². The summed E-state index contributed by atoms with van der Waals surface area (Å²) in [6, 6.07) is 15.9. The van der Waals surface area contributed by atoms with Crippen molar-refractivity contribution in [3.05, 3.63) is 60.2 Å². The van der Waals surface area contributed by atoms with Crippen LogP contribution in [0.15, 0.2) is 59.5 Å². The number of nitrogens with zero attached hydrogens (tertiary/aromatic N) is 1. The number of hydrogen-bond acceptors (Lipinski definition) is 5. The quantitative estimate of drug-likeness (QED) is 0.463. The molecule has 1 atom stereocenters. The maximum absolute atomic E-state index is 12.6. The van der Waals surface area contributed by atoms with E-state index in [1.165, 1.54) is 0 Å². The summed E-state index contributed by atoms with van der Waals surface area (Å²) in [6.07, 6.45) is 4.42. The van der Waals surface area contributed by atoms with Crippen LogP contribution in [0.4, 0.5) is 0 Å². The van der Waals surface area contributed by atoms with Gasteiger partial charge in [0.2, 0.25) is 10.0 Å². The third kappa shape index (κ3) is 5.28. The second-order valence-electron chi connectivity index (χ2n) is 7.99. The van der Waals surface area contributed by atoms with Crippen molar-refractivity contribution in [2.45, 2.75) is 43.2 Å². The first-order chi connectivity index (χ1) is 14.5. The number of rotatable bonds is 10. The number of carbonyl (C=O) groups is 1. The Balaban J connectivity index is 1.23. The lowest BCUT2D eigenvalue weighted by Gasteiger charge is -2.25. The molecular formula is C23H28N2O4S. The highest BCUT2D eigenvalue weighted by atomic mass is 32.2. The Morgan fingerprint density at radius 3 is 2.47 bits per heavy atom. The van der Waals surface area contributed by atoms with Crippen molar-refractivity contribution in [1.29, 1.82) is 0 Å². The van der Waals surface area contributed by atoms with Crippen LogP contribution in [0.3, 0.4) is 0 Å². The van der Waals surface area contributed by atoms with Crippen LogP contribution in [0, 0.1) is 5.92 Å². The Kier molecular flexibility index (Phi) is 6.51. The molecule has 2 aromatic carbocycles. The van der Waals surface area contributed by atoms with E-state index in [4.69, 9.17) is 4.74 Å². The highest BCUT2D eigenvalue weighted by Gasteiger charge is 2.30. The van der Waals surface area contributed by atoms with Crippen molar-refractivity contribution >= 4 is 15.8 Å². The molecule has 1 saturated heterocycles. The first-order valence-electron chi connectivity index (χ1n) is 10.6. The molecule has 0 bridgehead atoms. The van der Waals surface area contributed by atoms with Crippen molar-refractivity contribution < 1.29 is 17.9 Å². The van der Waals surface area contributed by atoms with Crippen LogP contribution in [0.5, 0.6) is 5.75 Å². The molecule has 0 aromatic heterocycles. The van der Waals surface area contributed by atoms with E-state index in [1.54, 1.807) is 30.3 Å². The minimum atomic E-state index is -3.51. The minimum absolute atomic E-state index is 0.178. The molecule has 1 aliphatic carbocycles. The van der Waals surface area contributed by atoms with Crippen molar-refractivity contribution in [3.63, 3.8) is 0 Å². The van der Waals surface area contributed by atoms with Crippen LogP contribution in [0.1, 0.15) is 42.5 Å². The zero-order valence-corrected chi connectivity index (χ0v) is 17.8. The van der Waals surface area contributed by atoms with Crippen LogP contribution in [-0.4, -0.2) is 45.0 Å². The molecule has 7 heteroatoms. The molecule has 4 rings (SSSR count). The Hall–Kier alpha value is -2.22. The summed E-state index contributed by atoms with van der Waals surface area (Å²) in [5.74, 6) is 1.22. The van der Waals surface area contributed by atoms with Crippen molar-refractivity contribution in [2.75, 3.05) is 19.7 Å². The molecule has 1 aliphatic heterocycles. The fourth-order valence-corrected chi connectivity index (χ4v) is 5.10. The van der Waals surface area contributed by atoms with Gasteiger partial charge in [0.05, 0.1) is 17.7 Å². The number of ether oxygens (including phenoxy) is 1. The van der Waals surface area contributed by atoms with E-state index in [2.05, 4.69) is 9.62 Å². The lowest BCUT2D eigenvalue weighted by molar-refractivity contribution is 0.0967. The highest BCUT2D eigenvalue weighted by molar-refractivity contribution is 7.89. The van der Waals surface area contributed by atoms with Crippen molar-refractivity contribution in [2.24, 2.45) is 5.92 Å². The van der Waals surface area contributed by atoms with E-state index in [9.17, 15) is 13.2 Å². The zero-order valence-electron chi connectivity index (χ0n) is 17.0. The molecule has 0 spiro atoms. The predicted octanol–water partition coefficient (Wildman–Crippen LogP) is 3.45. The topological polar surface area (TPSA) is 75.7 Å². The van der Waals surface area contributed by atoms with E-state index in [1.807, 2.05) is 24.3 Å². The molecular weight excluding hydrogens is 400 g/mol. The Morgan fingerprint density at radius 2 is 1.77 bits per heavy atom. The maximum atomic E-state index is 12.6. The summed E-state index contributed by atoms with van der Waals surface area (Å²) >= 11 is 0. The van der Waals surface area contributed by atoms with E-state index in [0.29, 0.717) is 11.5 Å². The fourth-order valence-electron chi connectivity index (χ4n) is 3.83. The normalized spacial score (nSPS) is 19.7. The summed E-state index contributed by atoms with van der Waals surface area (Å²) in [5.41, 5.74) is 0.760. The van der Waals surface area contributed by atoms with Gasteiger partial charge in [-0.25, -0.2) is 8.42 Å². The number of sulfonamides is 1. The number of Topliss-reactive ketones (excluding diaryl/α,β-unsaturated/α-hetero) is 1. The van der Waals surface area contributed by atoms with Gasteiger partial charge in [-0.15, -0.1) is 0 Å². The molecule has 1 saturated carbocycles. The lowest BCUT2D eigenvalue weighted by atomic mass is 10.1. The fraction of sp³-hybridized carbons (Fsp3) is 0.435. The second kappa shape index (κ2) is 9.29. The third-order valence-electron chi connectivity index (χ3n) is 5.65. The molecule has 0 amide bonds. The van der Waals surface area contributed by atoms with Gasteiger partial charge in [-0.2, -0.15) is 4.72 Å². The smallest absolute Gasteiger partial charge is 0.241 e. The number of hydrogen-bond donors (Lipinski definition) is 1. The summed E-state index contributed by atoms with van der Waals surface area (Å²) in [6.45, 7) is 2.19. The Bertz CT molecular complexity index is 956.